The fourth-order valence-corrected chi connectivity index (χ4v) is 3.37. The van der Waals surface area contributed by atoms with Gasteiger partial charge in [-0.15, -0.1) is 0 Å². The number of likely N-dealkylation sites (N-methyl/N-ethyl adjacent to an activating group) is 1. The zero-order chi connectivity index (χ0) is 18.3. The molecule has 7 heteroatoms. The van der Waals surface area contributed by atoms with Crippen molar-refractivity contribution in [3.63, 3.8) is 0 Å². The van der Waals surface area contributed by atoms with Gasteiger partial charge >= 0.3 is 0 Å². The molecule has 26 heavy (non-hydrogen) atoms. The molecule has 0 atom stereocenters. The zero-order valence-electron chi connectivity index (χ0n) is 15.2. The molecule has 1 aromatic carbocycles. The molecule has 0 bridgehead atoms. The van der Waals surface area contributed by atoms with E-state index in [1.165, 1.54) is 16.7 Å². The average molecular weight is 350 g/mol. The highest BCUT2D eigenvalue weighted by Crippen LogP contribution is 2.30. The largest absolute Gasteiger partial charge is 0.433 e. The second kappa shape index (κ2) is 6.42. The first-order valence-electron chi connectivity index (χ1n) is 8.60. The number of hydrogen-bond donors (Lipinski definition) is 1. The Morgan fingerprint density at radius 1 is 1.19 bits per heavy atom. The SMILES string of the molecule is Cc1cc(-c2cnc(N)c(Oc3cnn(C)c3)n2)cc2c1CCN(C)C2. The van der Waals surface area contributed by atoms with Crippen molar-refractivity contribution in [3.8, 4) is 22.9 Å². The number of aromatic nitrogens is 4. The minimum atomic E-state index is 0.256. The molecular formula is C19H22N6O. The molecule has 0 saturated heterocycles. The van der Waals surface area contributed by atoms with Gasteiger partial charge in [0.05, 0.1) is 24.3 Å². The van der Waals surface area contributed by atoms with Crippen molar-refractivity contribution in [2.75, 3.05) is 19.3 Å². The molecular weight excluding hydrogens is 328 g/mol. The maximum Gasteiger partial charge on any atom is 0.263 e. The van der Waals surface area contributed by atoms with Crippen LogP contribution in [-0.2, 0) is 20.0 Å². The quantitative estimate of drug-likeness (QED) is 0.782. The number of rotatable bonds is 3. The van der Waals surface area contributed by atoms with Crippen molar-refractivity contribution in [2.45, 2.75) is 19.9 Å². The molecule has 3 heterocycles. The number of nitrogens with two attached hydrogens (primary N) is 1. The summed E-state index contributed by atoms with van der Waals surface area (Å²) in [5.41, 5.74) is 11.8. The van der Waals surface area contributed by atoms with Gasteiger partial charge < -0.3 is 15.4 Å². The van der Waals surface area contributed by atoms with Crippen LogP contribution >= 0.6 is 0 Å². The monoisotopic (exact) mass is 350 g/mol. The first-order valence-corrected chi connectivity index (χ1v) is 8.60. The summed E-state index contributed by atoms with van der Waals surface area (Å²) >= 11 is 0. The Bertz CT molecular complexity index is 965. The molecule has 7 nitrogen and oxygen atoms in total. The van der Waals surface area contributed by atoms with E-state index < -0.39 is 0 Å². The number of aryl methyl sites for hydroxylation is 2. The standard InChI is InChI=1S/C19H22N6O/c1-12-6-13(7-14-10-24(2)5-4-16(12)14)17-9-21-18(20)19(23-17)26-15-8-22-25(3)11-15/h6-9,11H,4-5,10H2,1-3H3,(H2,20,21). The van der Waals surface area contributed by atoms with Gasteiger partial charge in [-0.3, -0.25) is 4.68 Å². The average Bonchev–Trinajstić information content (AvgIpc) is 3.01. The lowest BCUT2D eigenvalue weighted by molar-refractivity contribution is 0.312. The van der Waals surface area contributed by atoms with Gasteiger partial charge in [-0.2, -0.15) is 5.10 Å². The molecule has 0 aliphatic carbocycles. The molecule has 4 rings (SSSR count). The molecule has 2 aromatic heterocycles. The molecule has 1 aliphatic rings. The number of anilines is 1. The molecule has 0 amide bonds. The normalized spacial score (nSPS) is 14.3. The van der Waals surface area contributed by atoms with E-state index in [0.29, 0.717) is 11.6 Å². The lowest BCUT2D eigenvalue weighted by atomic mass is 9.92. The molecule has 1 aliphatic heterocycles. The number of nitrogen functional groups attached to an aromatic ring is 1. The highest BCUT2D eigenvalue weighted by molar-refractivity contribution is 5.64. The third kappa shape index (κ3) is 3.13. The van der Waals surface area contributed by atoms with Crippen LogP contribution in [0.25, 0.3) is 11.3 Å². The van der Waals surface area contributed by atoms with E-state index in [0.717, 1.165) is 30.8 Å². The van der Waals surface area contributed by atoms with E-state index >= 15 is 0 Å². The van der Waals surface area contributed by atoms with Gasteiger partial charge in [-0.05, 0) is 49.2 Å². The van der Waals surface area contributed by atoms with Gasteiger partial charge in [0.2, 0.25) is 0 Å². The van der Waals surface area contributed by atoms with E-state index in [1.807, 2.05) is 7.05 Å². The predicted molar refractivity (Wildman–Crippen MR) is 99.9 cm³/mol. The van der Waals surface area contributed by atoms with Crippen molar-refractivity contribution < 1.29 is 4.74 Å². The topological polar surface area (TPSA) is 82.1 Å². The van der Waals surface area contributed by atoms with Gasteiger partial charge in [0.25, 0.3) is 5.88 Å². The molecule has 3 aromatic rings. The molecule has 0 saturated carbocycles. The maximum atomic E-state index is 5.95. The fourth-order valence-electron chi connectivity index (χ4n) is 3.37. The van der Waals surface area contributed by atoms with Gasteiger partial charge in [0.1, 0.15) is 0 Å². The fraction of sp³-hybridized carbons (Fsp3) is 0.316. The number of nitrogens with zero attached hydrogens (tertiary/aromatic N) is 5. The van der Waals surface area contributed by atoms with E-state index in [9.17, 15) is 0 Å². The third-order valence-electron chi connectivity index (χ3n) is 4.71. The highest BCUT2D eigenvalue weighted by Gasteiger charge is 2.18. The Hall–Kier alpha value is -2.93. The summed E-state index contributed by atoms with van der Waals surface area (Å²) in [4.78, 5) is 11.2. The Morgan fingerprint density at radius 2 is 2.04 bits per heavy atom. The van der Waals surface area contributed by atoms with E-state index in [2.05, 4.69) is 46.1 Å². The van der Waals surface area contributed by atoms with Crippen LogP contribution in [0.1, 0.15) is 16.7 Å². The van der Waals surface area contributed by atoms with Crippen LogP contribution in [-0.4, -0.2) is 38.2 Å². The van der Waals surface area contributed by atoms with Crippen molar-refractivity contribution in [1.29, 1.82) is 0 Å². The molecule has 0 fully saturated rings. The maximum absolute atomic E-state index is 5.95. The van der Waals surface area contributed by atoms with Crippen molar-refractivity contribution in [1.82, 2.24) is 24.6 Å². The Kier molecular flexibility index (Phi) is 4.08. The Balaban J connectivity index is 1.71. The second-order valence-electron chi connectivity index (χ2n) is 6.82. The summed E-state index contributed by atoms with van der Waals surface area (Å²) in [6, 6.07) is 4.37. The van der Waals surface area contributed by atoms with Gasteiger partial charge in [0.15, 0.2) is 11.6 Å². The van der Waals surface area contributed by atoms with E-state index in [1.54, 1.807) is 23.3 Å². The van der Waals surface area contributed by atoms with Crippen molar-refractivity contribution in [2.24, 2.45) is 7.05 Å². The summed E-state index contributed by atoms with van der Waals surface area (Å²) in [5, 5.41) is 4.09. The molecule has 2 N–H and O–H groups in total. The number of benzene rings is 1. The number of hydrogen-bond acceptors (Lipinski definition) is 6. The molecule has 0 radical (unpaired) electrons. The first kappa shape index (κ1) is 16.5. The van der Waals surface area contributed by atoms with Crippen LogP contribution in [0.15, 0.2) is 30.7 Å². The van der Waals surface area contributed by atoms with Crippen LogP contribution in [0.5, 0.6) is 11.6 Å². The van der Waals surface area contributed by atoms with Crippen LogP contribution < -0.4 is 10.5 Å². The van der Waals surface area contributed by atoms with Crippen LogP contribution in [0.3, 0.4) is 0 Å². The summed E-state index contributed by atoms with van der Waals surface area (Å²) in [7, 11) is 3.97. The van der Waals surface area contributed by atoms with Crippen molar-refractivity contribution >= 4 is 5.82 Å². The molecule has 0 unspecified atom stereocenters. The lowest BCUT2D eigenvalue weighted by Crippen LogP contribution is -2.27. The third-order valence-corrected chi connectivity index (χ3v) is 4.71. The Labute approximate surface area is 152 Å². The minimum absolute atomic E-state index is 0.256. The molecule has 0 spiro atoms. The second-order valence-corrected chi connectivity index (χ2v) is 6.82. The highest BCUT2D eigenvalue weighted by atomic mass is 16.5. The molecule has 134 valence electrons. The van der Waals surface area contributed by atoms with Gasteiger partial charge in [0, 0.05) is 25.7 Å². The van der Waals surface area contributed by atoms with Gasteiger partial charge in [-0.25, -0.2) is 9.97 Å². The minimum Gasteiger partial charge on any atom is -0.433 e. The number of fused-ring (bicyclic) bond motifs is 1. The predicted octanol–water partition coefficient (Wildman–Crippen LogP) is 2.55. The lowest BCUT2D eigenvalue weighted by Gasteiger charge is -2.27. The smallest absolute Gasteiger partial charge is 0.263 e. The van der Waals surface area contributed by atoms with Crippen molar-refractivity contribution in [3.05, 3.63) is 47.4 Å². The summed E-state index contributed by atoms with van der Waals surface area (Å²) in [6.07, 6.45) is 6.15. The van der Waals surface area contributed by atoms with Gasteiger partial charge in [-0.1, -0.05) is 0 Å². The number of ether oxygens (including phenoxy) is 1. The summed E-state index contributed by atoms with van der Waals surface area (Å²) < 4.78 is 7.42. The van der Waals surface area contributed by atoms with E-state index in [-0.39, 0.29) is 5.82 Å². The first-order chi connectivity index (χ1) is 12.5. The van der Waals surface area contributed by atoms with E-state index in [4.69, 9.17) is 10.5 Å². The summed E-state index contributed by atoms with van der Waals surface area (Å²) in [6.45, 7) is 4.20. The van der Waals surface area contributed by atoms with Crippen LogP contribution in [0.2, 0.25) is 0 Å². The Morgan fingerprint density at radius 3 is 2.81 bits per heavy atom. The van der Waals surface area contributed by atoms with Crippen LogP contribution in [0.4, 0.5) is 5.82 Å². The summed E-state index contributed by atoms with van der Waals surface area (Å²) in [5.74, 6) is 1.13. The zero-order valence-corrected chi connectivity index (χ0v) is 15.2. The van der Waals surface area contributed by atoms with Crippen LogP contribution in [0, 0.1) is 6.92 Å².